The molecule has 1 aromatic carbocycles. The quantitative estimate of drug-likeness (QED) is 0.857. The fraction of sp³-hybridized carbons (Fsp3) is 0.588. The summed E-state index contributed by atoms with van der Waals surface area (Å²) in [6, 6.07) is 4.44. The number of aryl methyl sites for hydroxylation is 3. The summed E-state index contributed by atoms with van der Waals surface area (Å²) >= 11 is 0. The summed E-state index contributed by atoms with van der Waals surface area (Å²) in [7, 11) is 0. The molecule has 2 heteroatoms. The molecule has 1 amide bonds. The molecule has 106 valence electrons. The van der Waals surface area contributed by atoms with Crippen molar-refractivity contribution in [2.45, 2.75) is 60.8 Å². The molecule has 0 aliphatic carbocycles. The van der Waals surface area contributed by atoms with Gasteiger partial charge in [0.05, 0.1) is 0 Å². The highest BCUT2D eigenvalue weighted by Gasteiger charge is 2.23. The minimum absolute atomic E-state index is 0.0844. The first-order chi connectivity index (χ1) is 8.83. The van der Waals surface area contributed by atoms with Gasteiger partial charge in [0.1, 0.15) is 0 Å². The Morgan fingerprint density at radius 3 is 1.79 bits per heavy atom. The second-order valence-corrected chi connectivity index (χ2v) is 6.05. The number of benzene rings is 1. The van der Waals surface area contributed by atoms with E-state index in [1.165, 1.54) is 16.7 Å². The van der Waals surface area contributed by atoms with Crippen LogP contribution in [0.2, 0.25) is 0 Å². The number of hydrogen-bond donors (Lipinski definition) is 1. The van der Waals surface area contributed by atoms with Gasteiger partial charge in [-0.05, 0) is 36.0 Å². The Hall–Kier alpha value is -1.31. The molecule has 0 atom stereocenters. The number of nitrogens with one attached hydrogen (secondary N) is 1. The lowest BCUT2D eigenvalue weighted by Crippen LogP contribution is -2.28. The topological polar surface area (TPSA) is 29.1 Å². The van der Waals surface area contributed by atoms with Gasteiger partial charge in [-0.15, -0.1) is 0 Å². The first-order valence-corrected chi connectivity index (χ1v) is 7.29. The number of anilines is 1. The molecule has 0 saturated heterocycles. The Labute approximate surface area is 117 Å². The third-order valence-corrected chi connectivity index (χ3v) is 3.45. The van der Waals surface area contributed by atoms with Gasteiger partial charge in [0, 0.05) is 11.1 Å². The number of rotatable bonds is 4. The van der Waals surface area contributed by atoms with E-state index < -0.39 is 0 Å². The molecule has 0 aliphatic heterocycles. The lowest BCUT2D eigenvalue weighted by atomic mass is 9.93. The Morgan fingerprint density at radius 2 is 1.47 bits per heavy atom. The highest BCUT2D eigenvalue weighted by molar-refractivity contribution is 5.96. The van der Waals surface area contributed by atoms with Crippen molar-refractivity contribution in [3.63, 3.8) is 0 Å². The van der Waals surface area contributed by atoms with Gasteiger partial charge in [0.2, 0.25) is 5.91 Å². The van der Waals surface area contributed by atoms with Crippen LogP contribution in [0.4, 0.5) is 5.69 Å². The van der Waals surface area contributed by atoms with Crippen LogP contribution < -0.4 is 5.32 Å². The summed E-state index contributed by atoms with van der Waals surface area (Å²) < 4.78 is 0. The first kappa shape index (κ1) is 15.7. The smallest absolute Gasteiger partial charge is 0.229 e. The third-order valence-electron chi connectivity index (χ3n) is 3.45. The van der Waals surface area contributed by atoms with Crippen LogP contribution in [0.1, 0.15) is 58.2 Å². The number of hydrogen-bond acceptors (Lipinski definition) is 1. The maximum atomic E-state index is 12.2. The molecule has 2 nitrogen and oxygen atoms in total. The van der Waals surface area contributed by atoms with Crippen LogP contribution in [0.5, 0.6) is 0 Å². The van der Waals surface area contributed by atoms with Crippen LogP contribution in [-0.4, -0.2) is 5.91 Å². The monoisotopic (exact) mass is 261 g/mol. The van der Waals surface area contributed by atoms with Gasteiger partial charge in [-0.3, -0.25) is 4.79 Å². The Morgan fingerprint density at radius 1 is 1.00 bits per heavy atom. The van der Waals surface area contributed by atoms with Crippen molar-refractivity contribution in [1.29, 1.82) is 0 Å². The van der Waals surface area contributed by atoms with Crippen molar-refractivity contribution < 1.29 is 4.79 Å². The average molecular weight is 261 g/mol. The van der Waals surface area contributed by atoms with Gasteiger partial charge in [0.15, 0.2) is 0 Å². The van der Waals surface area contributed by atoms with Gasteiger partial charge < -0.3 is 5.32 Å². The van der Waals surface area contributed by atoms with Crippen LogP contribution in [0.3, 0.4) is 0 Å². The second kappa shape index (κ2) is 6.23. The van der Waals surface area contributed by atoms with Gasteiger partial charge in [-0.2, -0.15) is 0 Å². The predicted octanol–water partition coefficient (Wildman–Crippen LogP) is 4.36. The normalized spacial score (nSPS) is 11.5. The maximum Gasteiger partial charge on any atom is 0.229 e. The van der Waals surface area contributed by atoms with Gasteiger partial charge in [-0.1, -0.05) is 53.7 Å². The summed E-state index contributed by atoms with van der Waals surface area (Å²) in [5, 5.41) is 3.13. The summed E-state index contributed by atoms with van der Waals surface area (Å²) in [5.41, 5.74) is 4.51. The third kappa shape index (κ3) is 3.82. The van der Waals surface area contributed by atoms with Crippen molar-refractivity contribution in [2.75, 3.05) is 5.32 Å². The average Bonchev–Trinajstić information content (AvgIpc) is 2.37. The number of carbonyl (C=O) groups excluding carboxylic acids is 1. The molecule has 0 spiro atoms. The van der Waals surface area contributed by atoms with E-state index in [0.717, 1.165) is 24.9 Å². The first-order valence-electron chi connectivity index (χ1n) is 7.29. The number of amides is 1. The fourth-order valence-corrected chi connectivity index (χ4v) is 2.06. The van der Waals surface area contributed by atoms with Crippen molar-refractivity contribution in [2.24, 2.45) is 5.41 Å². The summed E-state index contributed by atoms with van der Waals surface area (Å²) in [6.45, 7) is 12.3. The fourth-order valence-electron chi connectivity index (χ4n) is 2.06. The highest BCUT2D eigenvalue weighted by Crippen LogP contribution is 2.27. The zero-order valence-electron chi connectivity index (χ0n) is 13.2. The Balaban J connectivity index is 3.21. The molecule has 1 aromatic rings. The summed E-state index contributed by atoms with van der Waals surface area (Å²) in [5.74, 6) is 0.0844. The van der Waals surface area contributed by atoms with E-state index in [1.807, 2.05) is 20.8 Å². The zero-order valence-corrected chi connectivity index (χ0v) is 13.2. The molecule has 1 N–H and O–H groups in total. The summed E-state index contributed by atoms with van der Waals surface area (Å²) in [6.07, 6.45) is 2.93. The molecule has 0 saturated carbocycles. The van der Waals surface area contributed by atoms with Crippen LogP contribution >= 0.6 is 0 Å². The standard InChI is InChI=1S/C17H27NO/c1-7-12-10-13(8-2)15(14(9-3)11-12)18-16(19)17(4,5)6/h10-11H,7-9H2,1-6H3,(H,18,19). The van der Waals surface area contributed by atoms with Crippen LogP contribution in [0, 0.1) is 5.41 Å². The lowest BCUT2D eigenvalue weighted by molar-refractivity contribution is -0.123. The molecular formula is C17H27NO. The SMILES string of the molecule is CCc1cc(CC)c(NC(=O)C(C)(C)C)c(CC)c1. The molecule has 19 heavy (non-hydrogen) atoms. The minimum Gasteiger partial charge on any atom is -0.325 e. The molecular weight excluding hydrogens is 234 g/mol. The Kier molecular flexibility index (Phi) is 5.16. The van der Waals surface area contributed by atoms with E-state index in [9.17, 15) is 4.79 Å². The molecule has 1 rings (SSSR count). The molecule has 0 aromatic heterocycles. The molecule has 0 unspecified atom stereocenters. The maximum absolute atomic E-state index is 12.2. The van der Waals surface area contributed by atoms with Gasteiger partial charge in [-0.25, -0.2) is 0 Å². The number of carbonyl (C=O) groups is 1. The van der Waals surface area contributed by atoms with Crippen molar-refractivity contribution in [3.05, 3.63) is 28.8 Å². The highest BCUT2D eigenvalue weighted by atomic mass is 16.2. The Bertz CT molecular complexity index is 430. The molecule has 0 aliphatic rings. The van der Waals surface area contributed by atoms with Gasteiger partial charge in [0.25, 0.3) is 0 Å². The van der Waals surface area contributed by atoms with Gasteiger partial charge >= 0.3 is 0 Å². The van der Waals surface area contributed by atoms with Crippen molar-refractivity contribution in [3.8, 4) is 0 Å². The summed E-state index contributed by atoms with van der Waals surface area (Å²) in [4.78, 5) is 12.2. The lowest BCUT2D eigenvalue weighted by Gasteiger charge is -2.22. The van der Waals surface area contributed by atoms with Crippen molar-refractivity contribution >= 4 is 11.6 Å². The predicted molar refractivity (Wildman–Crippen MR) is 82.7 cm³/mol. The van der Waals surface area contributed by atoms with Crippen LogP contribution in [-0.2, 0) is 24.1 Å². The van der Waals surface area contributed by atoms with E-state index >= 15 is 0 Å². The molecule has 0 heterocycles. The van der Waals surface area contributed by atoms with E-state index in [0.29, 0.717) is 0 Å². The zero-order chi connectivity index (χ0) is 14.6. The van der Waals surface area contributed by atoms with E-state index in [2.05, 4.69) is 38.2 Å². The minimum atomic E-state index is -0.362. The van der Waals surface area contributed by atoms with Crippen LogP contribution in [0.15, 0.2) is 12.1 Å². The molecule has 0 fully saturated rings. The molecule has 0 bridgehead atoms. The largest absolute Gasteiger partial charge is 0.325 e. The molecule has 0 radical (unpaired) electrons. The second-order valence-electron chi connectivity index (χ2n) is 6.05. The van der Waals surface area contributed by atoms with Crippen molar-refractivity contribution in [1.82, 2.24) is 0 Å². The van der Waals surface area contributed by atoms with E-state index in [1.54, 1.807) is 0 Å². The van der Waals surface area contributed by atoms with Crippen LogP contribution in [0.25, 0.3) is 0 Å². The van der Waals surface area contributed by atoms with E-state index in [-0.39, 0.29) is 11.3 Å². The van der Waals surface area contributed by atoms with E-state index in [4.69, 9.17) is 0 Å².